The van der Waals surface area contributed by atoms with Gasteiger partial charge in [0.1, 0.15) is 5.78 Å². The van der Waals surface area contributed by atoms with Gasteiger partial charge in [0.05, 0.1) is 0 Å². The zero-order valence-corrected chi connectivity index (χ0v) is 12.6. The van der Waals surface area contributed by atoms with E-state index < -0.39 is 0 Å². The molecule has 1 aromatic rings. The summed E-state index contributed by atoms with van der Waals surface area (Å²) in [6, 6.07) is 7.52. The van der Waals surface area contributed by atoms with Crippen LogP contribution in [0.1, 0.15) is 38.7 Å². The Kier molecular flexibility index (Phi) is 7.11. The van der Waals surface area contributed by atoms with Crippen LogP contribution in [0.25, 0.3) is 0 Å². The standard InChI is InChI=1S/C16H24ClNO/c1-12(2)14(8-9-18)6-7-16(19)11-13-4-3-5-15(17)10-13/h3-5,10,12,14H,6-9,11,18H2,1-2H3. The third-order valence-corrected chi connectivity index (χ3v) is 3.80. The predicted molar refractivity (Wildman–Crippen MR) is 81.4 cm³/mol. The molecule has 1 unspecified atom stereocenters. The molecule has 0 bridgehead atoms. The molecular formula is C16H24ClNO. The van der Waals surface area contributed by atoms with Crippen LogP contribution in [0.5, 0.6) is 0 Å². The molecule has 2 nitrogen and oxygen atoms in total. The number of hydrogen-bond donors (Lipinski definition) is 1. The number of carbonyl (C=O) groups is 1. The smallest absolute Gasteiger partial charge is 0.137 e. The second-order valence-electron chi connectivity index (χ2n) is 5.47. The SMILES string of the molecule is CC(C)C(CCN)CCC(=O)Cc1cccc(Cl)c1. The second-order valence-corrected chi connectivity index (χ2v) is 5.90. The minimum atomic E-state index is 0.282. The minimum Gasteiger partial charge on any atom is -0.330 e. The molecule has 0 saturated heterocycles. The Morgan fingerprint density at radius 3 is 2.63 bits per heavy atom. The maximum atomic E-state index is 12.0. The maximum absolute atomic E-state index is 12.0. The fourth-order valence-electron chi connectivity index (χ4n) is 2.33. The molecule has 0 spiro atoms. The Hall–Kier alpha value is -0.860. The molecule has 0 fully saturated rings. The van der Waals surface area contributed by atoms with Crippen molar-refractivity contribution in [3.8, 4) is 0 Å². The van der Waals surface area contributed by atoms with E-state index in [2.05, 4.69) is 13.8 Å². The summed E-state index contributed by atoms with van der Waals surface area (Å²) in [6.07, 6.45) is 3.06. The molecule has 2 N–H and O–H groups in total. The van der Waals surface area contributed by atoms with E-state index in [1.165, 1.54) is 0 Å². The number of hydrogen-bond acceptors (Lipinski definition) is 2. The van der Waals surface area contributed by atoms with E-state index in [0.29, 0.717) is 36.2 Å². The summed E-state index contributed by atoms with van der Waals surface area (Å²) in [5, 5.41) is 0.688. The molecule has 0 aromatic heterocycles. The average Bonchev–Trinajstić information content (AvgIpc) is 2.34. The quantitative estimate of drug-likeness (QED) is 0.786. The summed E-state index contributed by atoms with van der Waals surface area (Å²) < 4.78 is 0. The average molecular weight is 282 g/mol. The Bertz CT molecular complexity index is 403. The topological polar surface area (TPSA) is 43.1 Å². The summed E-state index contributed by atoms with van der Waals surface area (Å²) in [6.45, 7) is 5.09. The van der Waals surface area contributed by atoms with Crippen LogP contribution in [0.15, 0.2) is 24.3 Å². The fraction of sp³-hybridized carbons (Fsp3) is 0.562. The predicted octanol–water partition coefficient (Wildman–Crippen LogP) is 3.85. The van der Waals surface area contributed by atoms with Crippen molar-refractivity contribution in [2.75, 3.05) is 6.54 Å². The molecule has 1 atom stereocenters. The van der Waals surface area contributed by atoms with E-state index in [1.54, 1.807) is 0 Å². The first-order chi connectivity index (χ1) is 9.02. The normalized spacial score (nSPS) is 12.7. The van der Waals surface area contributed by atoms with Gasteiger partial charge in [-0.05, 0) is 48.9 Å². The van der Waals surface area contributed by atoms with Gasteiger partial charge in [0.2, 0.25) is 0 Å². The lowest BCUT2D eigenvalue weighted by Crippen LogP contribution is -2.16. The Morgan fingerprint density at radius 1 is 1.32 bits per heavy atom. The maximum Gasteiger partial charge on any atom is 0.137 e. The fourth-order valence-corrected chi connectivity index (χ4v) is 2.55. The molecule has 0 saturated carbocycles. The van der Waals surface area contributed by atoms with Crippen LogP contribution in [0.3, 0.4) is 0 Å². The van der Waals surface area contributed by atoms with Crippen molar-refractivity contribution in [1.29, 1.82) is 0 Å². The Labute approximate surface area is 121 Å². The summed E-state index contributed by atoms with van der Waals surface area (Å²) in [4.78, 5) is 12.0. The van der Waals surface area contributed by atoms with E-state index in [1.807, 2.05) is 24.3 Å². The van der Waals surface area contributed by atoms with Crippen molar-refractivity contribution in [3.05, 3.63) is 34.9 Å². The van der Waals surface area contributed by atoms with Gasteiger partial charge in [-0.15, -0.1) is 0 Å². The van der Waals surface area contributed by atoms with Crippen LogP contribution in [0, 0.1) is 11.8 Å². The summed E-state index contributed by atoms with van der Waals surface area (Å²) in [5.41, 5.74) is 6.61. The molecule has 0 radical (unpaired) electrons. The van der Waals surface area contributed by atoms with Crippen LogP contribution >= 0.6 is 11.6 Å². The van der Waals surface area contributed by atoms with Gasteiger partial charge in [-0.1, -0.05) is 37.6 Å². The molecule has 1 rings (SSSR count). The molecule has 19 heavy (non-hydrogen) atoms. The van der Waals surface area contributed by atoms with Crippen molar-refractivity contribution in [2.45, 2.75) is 39.5 Å². The number of benzene rings is 1. The molecule has 0 amide bonds. The first-order valence-electron chi connectivity index (χ1n) is 6.99. The molecule has 3 heteroatoms. The number of rotatable bonds is 8. The molecule has 106 valence electrons. The zero-order valence-electron chi connectivity index (χ0n) is 11.9. The molecular weight excluding hydrogens is 258 g/mol. The van der Waals surface area contributed by atoms with Gasteiger partial charge in [-0.25, -0.2) is 0 Å². The number of carbonyl (C=O) groups excluding carboxylic acids is 1. The summed E-state index contributed by atoms with van der Waals surface area (Å²) in [5.74, 6) is 1.42. The van der Waals surface area contributed by atoms with Gasteiger partial charge in [0.15, 0.2) is 0 Å². The highest BCUT2D eigenvalue weighted by Gasteiger charge is 2.14. The lowest BCUT2D eigenvalue weighted by atomic mass is 9.87. The van der Waals surface area contributed by atoms with Gasteiger partial charge in [-0.3, -0.25) is 4.79 Å². The largest absolute Gasteiger partial charge is 0.330 e. The van der Waals surface area contributed by atoms with E-state index in [-0.39, 0.29) is 5.78 Å². The molecule has 0 aliphatic rings. The molecule has 0 heterocycles. The highest BCUT2D eigenvalue weighted by atomic mass is 35.5. The summed E-state index contributed by atoms with van der Waals surface area (Å²) >= 11 is 5.91. The van der Waals surface area contributed by atoms with E-state index in [9.17, 15) is 4.79 Å². The highest BCUT2D eigenvalue weighted by Crippen LogP contribution is 2.21. The van der Waals surface area contributed by atoms with Crippen molar-refractivity contribution in [2.24, 2.45) is 17.6 Å². The van der Waals surface area contributed by atoms with E-state index in [0.717, 1.165) is 18.4 Å². The number of halogens is 1. The van der Waals surface area contributed by atoms with Crippen LogP contribution in [-0.2, 0) is 11.2 Å². The third kappa shape index (κ3) is 6.22. The van der Waals surface area contributed by atoms with Gasteiger partial charge in [0.25, 0.3) is 0 Å². The van der Waals surface area contributed by atoms with Gasteiger partial charge in [-0.2, -0.15) is 0 Å². The van der Waals surface area contributed by atoms with Gasteiger partial charge in [0, 0.05) is 17.9 Å². The minimum absolute atomic E-state index is 0.282. The van der Waals surface area contributed by atoms with Gasteiger partial charge < -0.3 is 5.73 Å². The van der Waals surface area contributed by atoms with Crippen molar-refractivity contribution < 1.29 is 4.79 Å². The van der Waals surface area contributed by atoms with Crippen LogP contribution in [0.2, 0.25) is 5.02 Å². The monoisotopic (exact) mass is 281 g/mol. The van der Waals surface area contributed by atoms with Crippen molar-refractivity contribution >= 4 is 17.4 Å². The molecule has 0 aliphatic heterocycles. The number of nitrogens with two attached hydrogens (primary N) is 1. The first-order valence-corrected chi connectivity index (χ1v) is 7.37. The molecule has 1 aromatic carbocycles. The van der Waals surface area contributed by atoms with E-state index in [4.69, 9.17) is 17.3 Å². The van der Waals surface area contributed by atoms with Crippen molar-refractivity contribution in [1.82, 2.24) is 0 Å². The van der Waals surface area contributed by atoms with Crippen LogP contribution in [-0.4, -0.2) is 12.3 Å². The van der Waals surface area contributed by atoms with Gasteiger partial charge >= 0.3 is 0 Å². The van der Waals surface area contributed by atoms with Crippen LogP contribution < -0.4 is 5.73 Å². The second kappa shape index (κ2) is 8.34. The first kappa shape index (κ1) is 16.2. The van der Waals surface area contributed by atoms with Crippen LogP contribution in [0.4, 0.5) is 0 Å². The van der Waals surface area contributed by atoms with E-state index >= 15 is 0 Å². The Balaban J connectivity index is 2.42. The lowest BCUT2D eigenvalue weighted by molar-refractivity contribution is -0.118. The zero-order chi connectivity index (χ0) is 14.3. The third-order valence-electron chi connectivity index (χ3n) is 3.56. The number of Topliss-reactive ketones (excluding diaryl/α,β-unsaturated/α-hetero) is 1. The number of ketones is 1. The molecule has 0 aliphatic carbocycles. The summed E-state index contributed by atoms with van der Waals surface area (Å²) in [7, 11) is 0. The lowest BCUT2D eigenvalue weighted by Gasteiger charge is -2.19. The Morgan fingerprint density at radius 2 is 2.05 bits per heavy atom. The van der Waals surface area contributed by atoms with Crippen molar-refractivity contribution in [3.63, 3.8) is 0 Å². The highest BCUT2D eigenvalue weighted by molar-refractivity contribution is 6.30.